The molecule has 2 heterocycles. The quantitative estimate of drug-likeness (QED) is 0.801. The van der Waals surface area contributed by atoms with Gasteiger partial charge in [-0.3, -0.25) is 0 Å². The Morgan fingerprint density at radius 2 is 1.56 bits per heavy atom. The standard InChI is InChI=1S/C21H25NO2.ClH/c1-2-6-17(7-3-1)18-10-13-22(14-11-18)15-12-19-16-23-20-8-4-5-9-21(20)24-19;/h1-9,18-19H,10-16H2;1H. The lowest BCUT2D eigenvalue weighted by atomic mass is 9.89. The van der Waals surface area contributed by atoms with Crippen LogP contribution in [-0.2, 0) is 0 Å². The van der Waals surface area contributed by atoms with E-state index in [1.807, 2.05) is 24.3 Å². The van der Waals surface area contributed by atoms with E-state index in [1.54, 1.807) is 0 Å². The zero-order valence-corrected chi connectivity index (χ0v) is 15.3. The van der Waals surface area contributed by atoms with E-state index in [0.29, 0.717) is 6.61 Å². The second kappa shape index (κ2) is 8.59. The summed E-state index contributed by atoms with van der Waals surface area (Å²) in [7, 11) is 0. The van der Waals surface area contributed by atoms with Crippen LogP contribution in [0.4, 0.5) is 0 Å². The monoisotopic (exact) mass is 359 g/mol. The summed E-state index contributed by atoms with van der Waals surface area (Å²) in [5.74, 6) is 2.48. The lowest BCUT2D eigenvalue weighted by Gasteiger charge is -2.34. The summed E-state index contributed by atoms with van der Waals surface area (Å²) in [5, 5.41) is 0. The first-order valence-corrected chi connectivity index (χ1v) is 9.04. The average Bonchev–Trinajstić information content (AvgIpc) is 2.67. The molecule has 2 aliphatic rings. The molecule has 0 aliphatic carbocycles. The third kappa shape index (κ3) is 4.47. The van der Waals surface area contributed by atoms with Gasteiger partial charge in [0, 0.05) is 13.0 Å². The van der Waals surface area contributed by atoms with Gasteiger partial charge in [0.25, 0.3) is 0 Å². The molecule has 0 aromatic heterocycles. The Bertz CT molecular complexity index is 656. The van der Waals surface area contributed by atoms with Crippen molar-refractivity contribution >= 4 is 12.4 Å². The number of para-hydroxylation sites is 2. The number of ether oxygens (including phenoxy) is 2. The molecule has 134 valence electrons. The molecule has 0 bridgehead atoms. The highest BCUT2D eigenvalue weighted by Gasteiger charge is 2.24. The predicted molar refractivity (Wildman–Crippen MR) is 103 cm³/mol. The van der Waals surface area contributed by atoms with Crippen LogP contribution in [0, 0.1) is 0 Å². The molecule has 0 radical (unpaired) electrons. The molecule has 0 amide bonds. The lowest BCUT2D eigenvalue weighted by molar-refractivity contribution is 0.0719. The van der Waals surface area contributed by atoms with Gasteiger partial charge in [0.2, 0.25) is 0 Å². The van der Waals surface area contributed by atoms with E-state index in [-0.39, 0.29) is 18.5 Å². The summed E-state index contributed by atoms with van der Waals surface area (Å²) in [6.45, 7) is 4.13. The van der Waals surface area contributed by atoms with Crippen molar-refractivity contribution in [3.63, 3.8) is 0 Å². The number of likely N-dealkylation sites (tertiary alicyclic amines) is 1. The minimum atomic E-state index is 0. The SMILES string of the molecule is Cl.c1ccc(C2CCN(CCC3COc4ccccc4O3)CC2)cc1. The molecule has 2 aromatic carbocycles. The second-order valence-electron chi connectivity index (χ2n) is 6.81. The molecule has 4 rings (SSSR count). The lowest BCUT2D eigenvalue weighted by Crippen LogP contribution is -2.38. The molecular formula is C21H26ClNO2. The molecule has 0 N–H and O–H groups in total. The summed E-state index contributed by atoms with van der Waals surface area (Å²) in [6, 6.07) is 18.9. The third-order valence-electron chi connectivity index (χ3n) is 5.19. The van der Waals surface area contributed by atoms with Crippen molar-refractivity contribution < 1.29 is 9.47 Å². The van der Waals surface area contributed by atoms with Crippen molar-refractivity contribution in [2.45, 2.75) is 31.3 Å². The molecular weight excluding hydrogens is 334 g/mol. The number of halogens is 1. The number of nitrogens with zero attached hydrogens (tertiary/aromatic N) is 1. The van der Waals surface area contributed by atoms with Gasteiger partial charge in [0.15, 0.2) is 11.5 Å². The molecule has 3 nitrogen and oxygen atoms in total. The molecule has 0 spiro atoms. The highest BCUT2D eigenvalue weighted by Crippen LogP contribution is 2.32. The van der Waals surface area contributed by atoms with Crippen LogP contribution in [0.25, 0.3) is 0 Å². The fraction of sp³-hybridized carbons (Fsp3) is 0.429. The number of fused-ring (bicyclic) bond motifs is 1. The molecule has 1 atom stereocenters. The fourth-order valence-corrected chi connectivity index (χ4v) is 3.75. The fourth-order valence-electron chi connectivity index (χ4n) is 3.75. The molecule has 2 aliphatic heterocycles. The maximum absolute atomic E-state index is 6.06. The van der Waals surface area contributed by atoms with Gasteiger partial charge in [-0.15, -0.1) is 12.4 Å². The molecule has 1 unspecified atom stereocenters. The highest BCUT2D eigenvalue weighted by molar-refractivity contribution is 5.85. The second-order valence-corrected chi connectivity index (χ2v) is 6.81. The van der Waals surface area contributed by atoms with Crippen molar-refractivity contribution in [3.8, 4) is 11.5 Å². The van der Waals surface area contributed by atoms with Crippen LogP contribution in [-0.4, -0.2) is 37.2 Å². The van der Waals surface area contributed by atoms with E-state index >= 15 is 0 Å². The van der Waals surface area contributed by atoms with Crippen LogP contribution in [0.5, 0.6) is 11.5 Å². The van der Waals surface area contributed by atoms with Gasteiger partial charge < -0.3 is 14.4 Å². The molecule has 1 saturated heterocycles. The molecule has 0 saturated carbocycles. The summed E-state index contributed by atoms with van der Waals surface area (Å²) >= 11 is 0. The summed E-state index contributed by atoms with van der Waals surface area (Å²) in [6.07, 6.45) is 3.72. The summed E-state index contributed by atoms with van der Waals surface area (Å²) < 4.78 is 11.9. The first-order chi connectivity index (χ1) is 11.9. The summed E-state index contributed by atoms with van der Waals surface area (Å²) in [5.41, 5.74) is 1.50. The molecule has 4 heteroatoms. The topological polar surface area (TPSA) is 21.7 Å². The van der Waals surface area contributed by atoms with Crippen LogP contribution in [0.15, 0.2) is 54.6 Å². The zero-order valence-electron chi connectivity index (χ0n) is 14.5. The van der Waals surface area contributed by atoms with E-state index in [9.17, 15) is 0 Å². The number of hydrogen-bond donors (Lipinski definition) is 0. The number of benzene rings is 2. The van der Waals surface area contributed by atoms with Gasteiger partial charge in [0.05, 0.1) is 0 Å². The van der Waals surface area contributed by atoms with Crippen LogP contribution >= 0.6 is 12.4 Å². The molecule has 1 fully saturated rings. The number of piperidine rings is 1. The van der Waals surface area contributed by atoms with E-state index in [1.165, 1.54) is 31.5 Å². The van der Waals surface area contributed by atoms with Crippen molar-refractivity contribution in [2.24, 2.45) is 0 Å². The van der Waals surface area contributed by atoms with Crippen LogP contribution in [0.1, 0.15) is 30.7 Å². The van der Waals surface area contributed by atoms with Crippen molar-refractivity contribution in [1.29, 1.82) is 0 Å². The van der Waals surface area contributed by atoms with Gasteiger partial charge >= 0.3 is 0 Å². The van der Waals surface area contributed by atoms with Gasteiger partial charge in [-0.1, -0.05) is 42.5 Å². The number of rotatable bonds is 4. The Morgan fingerprint density at radius 1 is 0.880 bits per heavy atom. The van der Waals surface area contributed by atoms with E-state index < -0.39 is 0 Å². The van der Waals surface area contributed by atoms with E-state index in [4.69, 9.17) is 9.47 Å². The maximum Gasteiger partial charge on any atom is 0.161 e. The first-order valence-electron chi connectivity index (χ1n) is 9.04. The Labute approximate surface area is 156 Å². The zero-order chi connectivity index (χ0) is 16.2. The number of hydrogen-bond acceptors (Lipinski definition) is 3. The van der Waals surface area contributed by atoms with Gasteiger partial charge in [-0.2, -0.15) is 0 Å². The molecule has 2 aromatic rings. The van der Waals surface area contributed by atoms with Crippen molar-refractivity contribution in [2.75, 3.05) is 26.2 Å². The first kappa shape index (κ1) is 18.1. The average molecular weight is 360 g/mol. The van der Waals surface area contributed by atoms with Gasteiger partial charge in [0.1, 0.15) is 12.7 Å². The Kier molecular flexibility index (Phi) is 6.22. The Hall–Kier alpha value is -1.71. The van der Waals surface area contributed by atoms with Crippen LogP contribution < -0.4 is 9.47 Å². The molecule has 25 heavy (non-hydrogen) atoms. The van der Waals surface area contributed by atoms with Crippen molar-refractivity contribution in [3.05, 3.63) is 60.2 Å². The van der Waals surface area contributed by atoms with E-state index in [0.717, 1.165) is 30.4 Å². The normalized spacial score (nSPS) is 20.7. The van der Waals surface area contributed by atoms with Crippen LogP contribution in [0.3, 0.4) is 0 Å². The van der Waals surface area contributed by atoms with Gasteiger partial charge in [-0.25, -0.2) is 0 Å². The minimum Gasteiger partial charge on any atom is -0.486 e. The summed E-state index contributed by atoms with van der Waals surface area (Å²) in [4.78, 5) is 2.57. The third-order valence-corrected chi connectivity index (χ3v) is 5.19. The Balaban J connectivity index is 0.00000182. The van der Waals surface area contributed by atoms with E-state index in [2.05, 4.69) is 35.2 Å². The predicted octanol–water partition coefficient (Wildman–Crippen LogP) is 4.52. The highest BCUT2D eigenvalue weighted by atomic mass is 35.5. The van der Waals surface area contributed by atoms with Crippen molar-refractivity contribution in [1.82, 2.24) is 4.90 Å². The minimum absolute atomic E-state index is 0. The smallest absolute Gasteiger partial charge is 0.161 e. The maximum atomic E-state index is 6.06. The largest absolute Gasteiger partial charge is 0.486 e. The van der Waals surface area contributed by atoms with Crippen LogP contribution in [0.2, 0.25) is 0 Å². The van der Waals surface area contributed by atoms with Gasteiger partial charge in [-0.05, 0) is 49.5 Å². The Morgan fingerprint density at radius 3 is 2.32 bits per heavy atom.